The molecule has 0 aliphatic carbocycles. The van der Waals surface area contributed by atoms with Gasteiger partial charge in [-0.1, -0.05) is 61.9 Å². The summed E-state index contributed by atoms with van der Waals surface area (Å²) in [5.41, 5.74) is 1.44. The summed E-state index contributed by atoms with van der Waals surface area (Å²) in [6.07, 6.45) is -12.9. The van der Waals surface area contributed by atoms with E-state index in [4.69, 9.17) is 31.3 Å². The Balaban J connectivity index is 1.72. The predicted molar refractivity (Wildman–Crippen MR) is 148 cm³/mol. The first kappa shape index (κ1) is 20.1. The van der Waals surface area contributed by atoms with Gasteiger partial charge in [0.2, 0.25) is 10.0 Å². The third-order valence-corrected chi connectivity index (χ3v) is 8.19. The number of nitrogens with zero attached hydrogens (tertiary/aromatic N) is 1. The van der Waals surface area contributed by atoms with Gasteiger partial charge in [-0.15, -0.1) is 0 Å². The van der Waals surface area contributed by atoms with E-state index in [1.165, 1.54) is 12.1 Å². The standard InChI is InChI=1S/C30H39NO8S/c1-21(2)17-31(40(34,35)25-11-9-22(3)10-12-25)18-27(38-20-32)24(15-23-7-5-4-6-8-23)16-29(33)39-28-19-37-30-26(28)13-14-36-30/h4-12,20-21,24,26-28,30H,13-19H2,1-3H3/t24-,26+,27-,28+,30-/m1/s1/i13D2,14D2,19D2,26D,28D,30D. The van der Waals surface area contributed by atoms with E-state index in [9.17, 15) is 18.0 Å². The number of benzene rings is 2. The average Bonchev–Trinajstić information content (AvgIpc) is 3.17. The minimum atomic E-state index is -4.17. The molecule has 2 aromatic carbocycles. The van der Waals surface area contributed by atoms with Gasteiger partial charge in [0.25, 0.3) is 6.47 Å². The van der Waals surface area contributed by atoms with Crippen molar-refractivity contribution in [3.8, 4) is 0 Å². The lowest BCUT2D eigenvalue weighted by atomic mass is 9.90. The number of sulfonamides is 1. The lowest BCUT2D eigenvalue weighted by molar-refractivity contribution is -0.155. The molecule has 2 aromatic rings. The summed E-state index contributed by atoms with van der Waals surface area (Å²) in [6, 6.07) is 14.7. The van der Waals surface area contributed by atoms with Crippen LogP contribution in [0.5, 0.6) is 0 Å². The molecule has 2 fully saturated rings. The molecule has 2 saturated heterocycles. The van der Waals surface area contributed by atoms with Crippen LogP contribution in [-0.4, -0.2) is 69.8 Å². The lowest BCUT2D eigenvalue weighted by Crippen LogP contribution is -2.44. The fourth-order valence-corrected chi connectivity index (χ4v) is 6.01. The number of fused-ring (bicyclic) bond motifs is 1. The van der Waals surface area contributed by atoms with Crippen molar-refractivity contribution in [2.45, 2.75) is 63.3 Å². The van der Waals surface area contributed by atoms with Gasteiger partial charge in [0.15, 0.2) is 6.27 Å². The molecule has 40 heavy (non-hydrogen) atoms. The number of esters is 1. The summed E-state index contributed by atoms with van der Waals surface area (Å²) >= 11 is 0. The first-order valence-electron chi connectivity index (χ1n) is 17.3. The number of ether oxygens (including phenoxy) is 4. The smallest absolute Gasteiger partial charge is 0.306 e. The summed E-state index contributed by atoms with van der Waals surface area (Å²) in [5.74, 6) is -6.31. The van der Waals surface area contributed by atoms with Crippen LogP contribution in [0, 0.1) is 24.7 Å². The number of hydrogen-bond donors (Lipinski definition) is 0. The van der Waals surface area contributed by atoms with Crippen molar-refractivity contribution < 1.29 is 49.3 Å². The van der Waals surface area contributed by atoms with Crippen LogP contribution in [0.4, 0.5) is 0 Å². The molecule has 0 amide bonds. The number of aryl methyl sites for hydroxylation is 1. The van der Waals surface area contributed by atoms with Crippen molar-refractivity contribution in [2.24, 2.45) is 17.7 Å². The van der Waals surface area contributed by atoms with Crippen molar-refractivity contribution in [2.75, 3.05) is 26.2 Å². The molecule has 0 spiro atoms. The van der Waals surface area contributed by atoms with Crippen LogP contribution in [0.1, 0.15) is 50.1 Å². The molecule has 0 N–H and O–H groups in total. The molecular weight excluding hydrogens is 534 g/mol. The van der Waals surface area contributed by atoms with Crippen molar-refractivity contribution in [1.29, 1.82) is 0 Å². The molecule has 0 saturated carbocycles. The molecule has 4 rings (SSSR count). The van der Waals surface area contributed by atoms with Crippen molar-refractivity contribution in [3.05, 3.63) is 65.7 Å². The van der Waals surface area contributed by atoms with Crippen LogP contribution in [0.25, 0.3) is 0 Å². The van der Waals surface area contributed by atoms with E-state index in [1.807, 2.05) is 0 Å². The Labute approximate surface area is 249 Å². The van der Waals surface area contributed by atoms with Gasteiger partial charge in [-0.3, -0.25) is 9.59 Å². The van der Waals surface area contributed by atoms with Crippen molar-refractivity contribution in [1.82, 2.24) is 4.31 Å². The fraction of sp³-hybridized carbons (Fsp3) is 0.533. The largest absolute Gasteiger partial charge is 0.463 e. The molecule has 2 aliphatic rings. The Kier molecular flexibility index (Phi) is 6.91. The van der Waals surface area contributed by atoms with Gasteiger partial charge in [0, 0.05) is 16.6 Å². The molecular formula is C30H39NO8S. The van der Waals surface area contributed by atoms with Gasteiger partial charge < -0.3 is 18.9 Å². The molecule has 5 atom stereocenters. The third kappa shape index (κ3) is 7.69. The Morgan fingerprint density at radius 3 is 2.55 bits per heavy atom. The van der Waals surface area contributed by atoms with E-state index in [1.54, 1.807) is 63.2 Å². The second-order valence-electron chi connectivity index (χ2n) is 9.95. The quantitative estimate of drug-likeness (QED) is 0.245. The van der Waals surface area contributed by atoms with Crippen LogP contribution in [0.3, 0.4) is 0 Å². The van der Waals surface area contributed by atoms with Crippen LogP contribution in [0.2, 0.25) is 0 Å². The van der Waals surface area contributed by atoms with E-state index in [2.05, 4.69) is 0 Å². The maximum absolute atomic E-state index is 13.8. The molecule has 10 heteroatoms. The van der Waals surface area contributed by atoms with E-state index < -0.39 is 78.7 Å². The summed E-state index contributed by atoms with van der Waals surface area (Å²) < 4.78 is 124. The topological polar surface area (TPSA) is 108 Å². The highest BCUT2D eigenvalue weighted by molar-refractivity contribution is 7.89. The molecule has 0 aromatic heterocycles. The predicted octanol–water partition coefficient (Wildman–Crippen LogP) is 3.74. The van der Waals surface area contributed by atoms with Crippen LogP contribution in [-0.2, 0) is 45.0 Å². The number of hydrogen-bond acceptors (Lipinski definition) is 8. The van der Waals surface area contributed by atoms with E-state index >= 15 is 0 Å². The Bertz CT molecular complexity index is 1630. The monoisotopic (exact) mass is 582 g/mol. The molecule has 2 heterocycles. The van der Waals surface area contributed by atoms with E-state index in [0.29, 0.717) is 5.56 Å². The van der Waals surface area contributed by atoms with Gasteiger partial charge in [-0.05, 0) is 43.3 Å². The SMILES string of the molecule is [2H]C1([2H])O[C@]2([2H])OC([2H])([2H])[C@]([2H])(OC(=O)C[C@@H](Cc3ccccc3)[C@@H](CN(CC(C)C)S(=O)(=O)c3ccc(C)cc3)OC=O)[C@]2([2H])C1([2H])[2H]. The van der Waals surface area contributed by atoms with E-state index in [0.717, 1.165) is 9.87 Å². The lowest BCUT2D eigenvalue weighted by Gasteiger charge is -2.32. The Hall–Kier alpha value is -2.79. The molecule has 0 radical (unpaired) electrons. The third-order valence-electron chi connectivity index (χ3n) is 6.34. The molecule has 9 nitrogen and oxygen atoms in total. The minimum absolute atomic E-state index is 0.00513. The molecule has 0 unspecified atom stereocenters. The normalized spacial score (nSPS) is 34.8. The summed E-state index contributed by atoms with van der Waals surface area (Å²) in [7, 11) is -4.17. The van der Waals surface area contributed by atoms with Crippen LogP contribution >= 0.6 is 0 Å². The average molecular weight is 583 g/mol. The second-order valence-corrected chi connectivity index (χ2v) is 11.9. The fourth-order valence-electron chi connectivity index (χ4n) is 4.40. The van der Waals surface area contributed by atoms with E-state index in [-0.39, 0.29) is 30.3 Å². The summed E-state index contributed by atoms with van der Waals surface area (Å²) in [6.45, 7) is -1.94. The highest BCUT2D eigenvalue weighted by Crippen LogP contribution is 2.34. The highest BCUT2D eigenvalue weighted by atomic mass is 32.2. The first-order valence-corrected chi connectivity index (χ1v) is 14.2. The Morgan fingerprint density at radius 1 is 1.15 bits per heavy atom. The molecule has 218 valence electrons. The maximum Gasteiger partial charge on any atom is 0.306 e. The molecule has 2 aliphatic heterocycles. The van der Waals surface area contributed by atoms with Crippen molar-refractivity contribution >= 4 is 22.5 Å². The van der Waals surface area contributed by atoms with Gasteiger partial charge in [0.05, 0.1) is 45.1 Å². The zero-order chi connectivity index (χ0) is 36.8. The minimum Gasteiger partial charge on any atom is -0.463 e. The van der Waals surface area contributed by atoms with Crippen molar-refractivity contribution in [3.63, 3.8) is 0 Å². The van der Waals surface area contributed by atoms with Crippen LogP contribution < -0.4 is 0 Å². The van der Waals surface area contributed by atoms with Gasteiger partial charge >= 0.3 is 5.97 Å². The second kappa shape index (κ2) is 13.7. The summed E-state index contributed by atoms with van der Waals surface area (Å²) in [4.78, 5) is 25.5. The van der Waals surface area contributed by atoms with Gasteiger partial charge in [-0.25, -0.2) is 8.42 Å². The highest BCUT2D eigenvalue weighted by Gasteiger charge is 2.44. The van der Waals surface area contributed by atoms with Crippen LogP contribution in [0.15, 0.2) is 59.5 Å². The number of rotatable bonds is 14. The van der Waals surface area contributed by atoms with Gasteiger partial charge in [0.1, 0.15) is 12.2 Å². The Morgan fingerprint density at radius 2 is 1.88 bits per heavy atom. The zero-order valence-electron chi connectivity index (χ0n) is 31.5. The zero-order valence-corrected chi connectivity index (χ0v) is 23.3. The number of carbonyl (C=O) groups is 2. The first-order chi connectivity index (χ1) is 22.5. The van der Waals surface area contributed by atoms with Gasteiger partial charge in [-0.2, -0.15) is 4.31 Å². The maximum atomic E-state index is 13.8. The molecule has 0 bridgehead atoms. The summed E-state index contributed by atoms with van der Waals surface area (Å²) in [5, 5.41) is 0. The number of carbonyl (C=O) groups excluding carboxylic acids is 2.